The topological polar surface area (TPSA) is 124 Å². The summed E-state index contributed by atoms with van der Waals surface area (Å²) >= 11 is 0. The third kappa shape index (κ3) is 4.38. The molecule has 0 saturated heterocycles. The lowest BCUT2D eigenvalue weighted by Crippen LogP contribution is -2.35. The molecule has 3 aromatic carbocycles. The summed E-state index contributed by atoms with van der Waals surface area (Å²) in [4.78, 5) is 12.8. The molecule has 6 rings (SSSR count). The van der Waals surface area contributed by atoms with Crippen LogP contribution in [0.4, 0.5) is 11.7 Å². The van der Waals surface area contributed by atoms with Crippen molar-refractivity contribution in [1.82, 2.24) is 10.2 Å². The lowest BCUT2D eigenvalue weighted by Gasteiger charge is -2.30. The number of rotatable bonds is 5. The normalized spacial score (nSPS) is 16.6. The monoisotopic (exact) mass is 518 g/mol. The molecule has 0 bridgehead atoms. The number of aromatic nitrogens is 2. The number of para-hydroxylation sites is 3. The van der Waals surface area contributed by atoms with Crippen LogP contribution in [-0.2, 0) is 16.4 Å². The third-order valence-corrected chi connectivity index (χ3v) is 8.04. The molecule has 1 aromatic heterocycles. The van der Waals surface area contributed by atoms with E-state index < -0.39 is 22.0 Å². The first-order valence-electron chi connectivity index (χ1n) is 11.7. The smallest absolute Gasteiger partial charge is 0.322 e. The van der Waals surface area contributed by atoms with Gasteiger partial charge < -0.3 is 13.9 Å². The summed E-state index contributed by atoms with van der Waals surface area (Å²) in [6.45, 7) is 0.590. The fourth-order valence-electron chi connectivity index (χ4n) is 4.38. The van der Waals surface area contributed by atoms with Crippen molar-refractivity contribution < 1.29 is 27.1 Å². The van der Waals surface area contributed by atoms with Gasteiger partial charge in [0.25, 0.3) is 21.8 Å². The van der Waals surface area contributed by atoms with Crippen molar-refractivity contribution in [2.45, 2.75) is 23.8 Å². The van der Waals surface area contributed by atoms with Crippen LogP contribution >= 0.6 is 0 Å². The molecule has 0 radical (unpaired) electrons. The number of carbonyl (C=O) groups excluding carboxylic acids is 1. The molecule has 0 spiro atoms. The summed E-state index contributed by atoms with van der Waals surface area (Å²) in [5.41, 5.74) is 1.93. The van der Waals surface area contributed by atoms with Crippen molar-refractivity contribution in [3.8, 4) is 11.5 Å². The van der Waals surface area contributed by atoms with Gasteiger partial charge >= 0.3 is 6.01 Å². The number of benzene rings is 3. The number of aryl methyl sites for hydroxylation is 1. The highest BCUT2D eigenvalue weighted by Crippen LogP contribution is 2.36. The van der Waals surface area contributed by atoms with E-state index >= 15 is 0 Å². The summed E-state index contributed by atoms with van der Waals surface area (Å²) in [6, 6.07) is 20.4. The summed E-state index contributed by atoms with van der Waals surface area (Å²) in [5.74, 6) is 0.828. The predicted octanol–water partition coefficient (Wildman–Crippen LogP) is 3.98. The fraction of sp³-hybridized carbons (Fsp3) is 0.192. The van der Waals surface area contributed by atoms with Crippen LogP contribution in [0.15, 0.2) is 82.1 Å². The number of amides is 1. The van der Waals surface area contributed by atoms with Crippen LogP contribution in [0.1, 0.15) is 34.3 Å². The van der Waals surface area contributed by atoms with Crippen molar-refractivity contribution in [3.05, 3.63) is 89.8 Å². The number of hydrogen-bond acceptors (Lipinski definition) is 8. The van der Waals surface area contributed by atoms with Crippen LogP contribution in [0.5, 0.6) is 11.5 Å². The minimum Gasteiger partial charge on any atom is -0.485 e. The first-order chi connectivity index (χ1) is 18.0. The van der Waals surface area contributed by atoms with E-state index in [0.29, 0.717) is 23.7 Å². The highest BCUT2D eigenvalue weighted by Gasteiger charge is 2.30. The van der Waals surface area contributed by atoms with E-state index in [1.54, 1.807) is 12.1 Å². The highest BCUT2D eigenvalue weighted by molar-refractivity contribution is 7.92. The Bertz CT molecular complexity index is 1570. The SMILES string of the molecule is O=C(Nc1nnc([C@H]2COc3ccccc3O2)o1)c1ccc(S(=O)(=O)N2CCCc3ccccc32)cc1. The molecule has 10 nitrogen and oxygen atoms in total. The zero-order valence-corrected chi connectivity index (χ0v) is 20.3. The van der Waals surface area contributed by atoms with Gasteiger partial charge in [-0.2, -0.15) is 0 Å². The van der Waals surface area contributed by atoms with Gasteiger partial charge in [0, 0.05) is 12.1 Å². The fourth-order valence-corrected chi connectivity index (χ4v) is 5.92. The maximum atomic E-state index is 13.3. The average Bonchev–Trinajstić information content (AvgIpc) is 3.41. The molecule has 0 saturated carbocycles. The van der Waals surface area contributed by atoms with Gasteiger partial charge in [-0.1, -0.05) is 35.4 Å². The van der Waals surface area contributed by atoms with Crippen molar-refractivity contribution >= 4 is 27.6 Å². The molecule has 2 aliphatic rings. The second-order valence-corrected chi connectivity index (χ2v) is 10.5. The molecular weight excluding hydrogens is 496 g/mol. The second kappa shape index (κ2) is 9.25. The lowest BCUT2D eigenvalue weighted by molar-refractivity contribution is 0.0716. The van der Waals surface area contributed by atoms with Gasteiger partial charge in [-0.15, -0.1) is 5.10 Å². The van der Waals surface area contributed by atoms with E-state index in [2.05, 4.69) is 15.5 Å². The molecule has 1 N–H and O–H groups in total. The zero-order chi connectivity index (χ0) is 25.4. The van der Waals surface area contributed by atoms with Crippen molar-refractivity contribution in [2.75, 3.05) is 22.8 Å². The molecule has 1 amide bonds. The average molecular weight is 519 g/mol. The van der Waals surface area contributed by atoms with Crippen LogP contribution in [0.3, 0.4) is 0 Å². The van der Waals surface area contributed by atoms with Crippen molar-refractivity contribution in [2.24, 2.45) is 0 Å². The van der Waals surface area contributed by atoms with Crippen LogP contribution in [0.2, 0.25) is 0 Å². The quantitative estimate of drug-likeness (QED) is 0.421. The van der Waals surface area contributed by atoms with Gasteiger partial charge in [0.15, 0.2) is 11.5 Å². The van der Waals surface area contributed by atoms with Gasteiger partial charge in [-0.05, 0) is 60.9 Å². The van der Waals surface area contributed by atoms with E-state index in [9.17, 15) is 13.2 Å². The van der Waals surface area contributed by atoms with Crippen LogP contribution in [0, 0.1) is 0 Å². The largest absolute Gasteiger partial charge is 0.485 e. The summed E-state index contributed by atoms with van der Waals surface area (Å²) in [6.07, 6.45) is 0.969. The van der Waals surface area contributed by atoms with Crippen LogP contribution in [-0.4, -0.2) is 37.7 Å². The third-order valence-electron chi connectivity index (χ3n) is 6.22. The molecule has 4 aromatic rings. The summed E-state index contributed by atoms with van der Waals surface area (Å²) in [5, 5.41) is 10.4. The van der Waals surface area contributed by atoms with Gasteiger partial charge in [0.2, 0.25) is 6.10 Å². The summed E-state index contributed by atoms with van der Waals surface area (Å²) in [7, 11) is -3.77. The lowest BCUT2D eigenvalue weighted by atomic mass is 10.0. The number of carbonyl (C=O) groups is 1. The van der Waals surface area contributed by atoms with Gasteiger partial charge in [0.05, 0.1) is 10.6 Å². The van der Waals surface area contributed by atoms with Crippen molar-refractivity contribution in [1.29, 1.82) is 0 Å². The Morgan fingerprint density at radius 1 is 0.946 bits per heavy atom. The minimum absolute atomic E-state index is 0.107. The Labute approximate surface area is 212 Å². The molecule has 0 unspecified atom stereocenters. The first kappa shape index (κ1) is 23.0. The predicted molar refractivity (Wildman–Crippen MR) is 133 cm³/mol. The highest BCUT2D eigenvalue weighted by atomic mass is 32.2. The molecular formula is C26H22N4O6S. The number of fused-ring (bicyclic) bond motifs is 2. The van der Waals surface area contributed by atoms with E-state index in [0.717, 1.165) is 18.4 Å². The molecule has 3 heterocycles. The number of hydrogen-bond donors (Lipinski definition) is 1. The molecule has 0 fully saturated rings. The van der Waals surface area contributed by atoms with Crippen LogP contribution in [0.25, 0.3) is 0 Å². The Morgan fingerprint density at radius 3 is 2.54 bits per heavy atom. The number of anilines is 2. The van der Waals surface area contributed by atoms with Gasteiger partial charge in [0.1, 0.15) is 6.61 Å². The maximum Gasteiger partial charge on any atom is 0.322 e. The Hall–Kier alpha value is -4.38. The van der Waals surface area contributed by atoms with E-state index in [1.807, 2.05) is 36.4 Å². The first-order valence-corrected chi connectivity index (χ1v) is 13.2. The Morgan fingerprint density at radius 2 is 1.70 bits per heavy atom. The molecule has 188 valence electrons. The number of nitrogens with zero attached hydrogens (tertiary/aromatic N) is 3. The molecule has 1 atom stereocenters. The van der Waals surface area contributed by atoms with E-state index in [4.69, 9.17) is 13.9 Å². The standard InChI is InChI=1S/C26H22N4O6S/c31-24(27-26-29-28-25(36-26)23-16-34-21-9-3-4-10-22(21)35-23)18-11-13-19(14-12-18)37(32,33)30-15-5-7-17-6-1-2-8-20(17)30/h1-4,6,8-14,23H,5,7,15-16H2,(H,27,29,31)/t23-/m1/s1. The molecule has 11 heteroatoms. The number of nitrogens with one attached hydrogen (secondary N) is 1. The summed E-state index contributed by atoms with van der Waals surface area (Å²) < 4.78 is 45.1. The maximum absolute atomic E-state index is 13.3. The Kier molecular flexibility index (Phi) is 5.76. The van der Waals surface area contributed by atoms with Crippen molar-refractivity contribution in [3.63, 3.8) is 0 Å². The van der Waals surface area contributed by atoms with E-state index in [-0.39, 0.29) is 29.0 Å². The number of sulfonamides is 1. The second-order valence-electron chi connectivity index (χ2n) is 8.60. The van der Waals surface area contributed by atoms with Gasteiger partial charge in [-0.3, -0.25) is 14.4 Å². The van der Waals surface area contributed by atoms with Gasteiger partial charge in [-0.25, -0.2) is 8.42 Å². The van der Waals surface area contributed by atoms with Crippen LogP contribution < -0.4 is 19.1 Å². The molecule has 37 heavy (non-hydrogen) atoms. The minimum atomic E-state index is -3.77. The molecule has 0 aliphatic carbocycles. The van der Waals surface area contributed by atoms with E-state index in [1.165, 1.54) is 28.6 Å². The number of ether oxygens (including phenoxy) is 2. The zero-order valence-electron chi connectivity index (χ0n) is 19.5. The molecule has 2 aliphatic heterocycles. The Balaban J connectivity index is 1.14.